The van der Waals surface area contributed by atoms with Gasteiger partial charge in [0, 0.05) is 25.4 Å². The van der Waals surface area contributed by atoms with Crippen LogP contribution in [0.4, 0.5) is 0 Å². The van der Waals surface area contributed by atoms with Gasteiger partial charge in [-0.1, -0.05) is 0 Å². The molecule has 0 saturated heterocycles. The summed E-state index contributed by atoms with van der Waals surface area (Å²) < 4.78 is 12.4. The Balaban J connectivity index is 2.12. The van der Waals surface area contributed by atoms with Gasteiger partial charge in [0.2, 0.25) is 0 Å². The summed E-state index contributed by atoms with van der Waals surface area (Å²) in [6, 6.07) is 11.7. The number of fused-ring (bicyclic) bond motifs is 1. The Labute approximate surface area is 123 Å². The molecule has 0 unspecified atom stereocenters. The first-order valence-electron chi connectivity index (χ1n) is 6.79. The highest BCUT2D eigenvalue weighted by atomic mass is 16.5. The molecule has 0 atom stereocenters. The summed E-state index contributed by atoms with van der Waals surface area (Å²) in [5.74, 6) is 1.77. The molecule has 0 aliphatic rings. The van der Waals surface area contributed by atoms with Crippen LogP contribution in [0.3, 0.4) is 0 Å². The zero-order valence-electron chi connectivity index (χ0n) is 12.1. The van der Waals surface area contributed by atoms with Crippen molar-refractivity contribution in [3.8, 4) is 11.4 Å². The Kier molecular flexibility index (Phi) is 3.83. The molecule has 2 heterocycles. The highest BCUT2D eigenvalue weighted by Gasteiger charge is 2.13. The lowest BCUT2D eigenvalue weighted by Crippen LogP contribution is -2.05. The normalized spacial score (nSPS) is 11.0. The Morgan fingerprint density at radius 1 is 1.10 bits per heavy atom. The highest BCUT2D eigenvalue weighted by Crippen LogP contribution is 2.22. The number of imidazole rings is 1. The van der Waals surface area contributed by atoms with Crippen LogP contribution in [-0.2, 0) is 11.2 Å². The largest absolute Gasteiger partial charge is 0.497 e. The minimum atomic E-state index is 0.624. The number of ether oxygens (including phenoxy) is 2. The topological polar surface area (TPSA) is 49.2 Å². The van der Waals surface area contributed by atoms with Crippen LogP contribution in [0, 0.1) is 0 Å². The van der Waals surface area contributed by atoms with E-state index in [0.29, 0.717) is 6.61 Å². The Bertz CT molecular complexity index is 735. The summed E-state index contributed by atoms with van der Waals surface area (Å²) in [6.45, 7) is 0.624. The second-order valence-corrected chi connectivity index (χ2v) is 4.65. The quantitative estimate of drug-likeness (QED) is 0.722. The van der Waals surface area contributed by atoms with Crippen LogP contribution in [0.1, 0.15) is 5.82 Å². The fourth-order valence-electron chi connectivity index (χ4n) is 2.32. The van der Waals surface area contributed by atoms with Crippen molar-refractivity contribution >= 4 is 11.2 Å². The Morgan fingerprint density at radius 2 is 1.90 bits per heavy atom. The number of benzene rings is 1. The van der Waals surface area contributed by atoms with Crippen molar-refractivity contribution < 1.29 is 9.47 Å². The summed E-state index contributed by atoms with van der Waals surface area (Å²) >= 11 is 0. The molecule has 0 fully saturated rings. The third-order valence-corrected chi connectivity index (χ3v) is 3.35. The molecule has 0 aliphatic carbocycles. The fourth-order valence-corrected chi connectivity index (χ4v) is 2.32. The van der Waals surface area contributed by atoms with Crippen molar-refractivity contribution in [2.24, 2.45) is 0 Å². The van der Waals surface area contributed by atoms with Crippen molar-refractivity contribution in [1.82, 2.24) is 14.5 Å². The van der Waals surface area contributed by atoms with Gasteiger partial charge in [-0.15, -0.1) is 0 Å². The molecule has 108 valence electrons. The fraction of sp³-hybridized carbons (Fsp3) is 0.250. The van der Waals surface area contributed by atoms with Crippen molar-refractivity contribution in [3.63, 3.8) is 0 Å². The van der Waals surface area contributed by atoms with E-state index in [9.17, 15) is 0 Å². The molecular formula is C16H17N3O2. The molecule has 3 aromatic rings. The molecule has 0 radical (unpaired) electrons. The standard InChI is InChI=1S/C16H17N3O2/c1-20-11-9-15-18-14-4-3-10-17-16(14)19(15)12-5-7-13(21-2)8-6-12/h3-8,10H,9,11H2,1-2H3. The van der Waals surface area contributed by atoms with Gasteiger partial charge in [0.05, 0.1) is 13.7 Å². The first-order chi connectivity index (χ1) is 10.3. The Hall–Kier alpha value is -2.40. The lowest BCUT2D eigenvalue weighted by Gasteiger charge is -2.09. The number of methoxy groups -OCH3 is 2. The van der Waals surface area contributed by atoms with Gasteiger partial charge in [-0.25, -0.2) is 9.97 Å². The summed E-state index contributed by atoms with van der Waals surface area (Å²) in [4.78, 5) is 9.12. The summed E-state index contributed by atoms with van der Waals surface area (Å²) in [7, 11) is 3.35. The van der Waals surface area contributed by atoms with Crippen LogP contribution in [0.5, 0.6) is 5.75 Å². The zero-order chi connectivity index (χ0) is 14.7. The molecule has 5 nitrogen and oxygen atoms in total. The van der Waals surface area contributed by atoms with Crippen LogP contribution in [-0.4, -0.2) is 35.4 Å². The molecule has 0 N–H and O–H groups in total. The van der Waals surface area contributed by atoms with Gasteiger partial charge in [0.15, 0.2) is 5.65 Å². The predicted molar refractivity (Wildman–Crippen MR) is 81.0 cm³/mol. The SMILES string of the molecule is COCCc1nc2cccnc2n1-c1ccc(OC)cc1. The van der Waals surface area contributed by atoms with Crippen LogP contribution < -0.4 is 4.74 Å². The molecule has 0 spiro atoms. The molecule has 5 heteroatoms. The average molecular weight is 283 g/mol. The lowest BCUT2D eigenvalue weighted by molar-refractivity contribution is 0.200. The minimum Gasteiger partial charge on any atom is -0.497 e. The molecule has 21 heavy (non-hydrogen) atoms. The van der Waals surface area contributed by atoms with Crippen molar-refractivity contribution in [3.05, 3.63) is 48.4 Å². The molecule has 3 rings (SSSR count). The first kappa shape index (κ1) is 13.6. The second-order valence-electron chi connectivity index (χ2n) is 4.65. The molecule has 0 amide bonds. The average Bonchev–Trinajstić information content (AvgIpc) is 2.91. The molecular weight excluding hydrogens is 266 g/mol. The van der Waals surface area contributed by atoms with Crippen LogP contribution in [0.2, 0.25) is 0 Å². The molecule has 0 saturated carbocycles. The second kappa shape index (κ2) is 5.93. The van der Waals surface area contributed by atoms with Gasteiger partial charge < -0.3 is 9.47 Å². The van der Waals surface area contributed by atoms with E-state index >= 15 is 0 Å². The van der Waals surface area contributed by atoms with Gasteiger partial charge in [0.1, 0.15) is 17.1 Å². The van der Waals surface area contributed by atoms with Crippen LogP contribution in [0.25, 0.3) is 16.9 Å². The smallest absolute Gasteiger partial charge is 0.164 e. The highest BCUT2D eigenvalue weighted by molar-refractivity contribution is 5.73. The molecule has 2 aromatic heterocycles. The number of hydrogen-bond acceptors (Lipinski definition) is 4. The van der Waals surface area contributed by atoms with Gasteiger partial charge in [-0.3, -0.25) is 4.57 Å². The van der Waals surface area contributed by atoms with Gasteiger partial charge >= 0.3 is 0 Å². The third kappa shape index (κ3) is 2.60. The molecule has 0 bridgehead atoms. The van der Waals surface area contributed by atoms with Crippen LogP contribution >= 0.6 is 0 Å². The van der Waals surface area contributed by atoms with E-state index in [4.69, 9.17) is 9.47 Å². The monoisotopic (exact) mass is 283 g/mol. The van der Waals surface area contributed by atoms with E-state index in [1.807, 2.05) is 36.4 Å². The van der Waals surface area contributed by atoms with Gasteiger partial charge in [0.25, 0.3) is 0 Å². The maximum Gasteiger partial charge on any atom is 0.164 e. The summed E-state index contributed by atoms with van der Waals surface area (Å²) in [5, 5.41) is 0. The molecule has 1 aromatic carbocycles. The van der Waals surface area contributed by atoms with Crippen LogP contribution in [0.15, 0.2) is 42.6 Å². The van der Waals surface area contributed by atoms with E-state index in [1.54, 1.807) is 20.4 Å². The number of aromatic nitrogens is 3. The van der Waals surface area contributed by atoms with E-state index in [2.05, 4.69) is 14.5 Å². The third-order valence-electron chi connectivity index (χ3n) is 3.35. The predicted octanol–water partition coefficient (Wildman–Crippen LogP) is 2.62. The number of hydrogen-bond donors (Lipinski definition) is 0. The number of nitrogens with zero attached hydrogens (tertiary/aromatic N) is 3. The summed E-state index contributed by atoms with van der Waals surface area (Å²) in [6.07, 6.45) is 2.52. The van der Waals surface area contributed by atoms with Gasteiger partial charge in [-0.2, -0.15) is 0 Å². The van der Waals surface area contributed by atoms with Gasteiger partial charge in [-0.05, 0) is 36.4 Å². The first-order valence-corrected chi connectivity index (χ1v) is 6.79. The van der Waals surface area contributed by atoms with Crippen molar-refractivity contribution in [2.45, 2.75) is 6.42 Å². The number of pyridine rings is 1. The van der Waals surface area contributed by atoms with E-state index in [0.717, 1.165) is 34.8 Å². The maximum absolute atomic E-state index is 5.21. The zero-order valence-corrected chi connectivity index (χ0v) is 12.1. The summed E-state index contributed by atoms with van der Waals surface area (Å²) in [5.41, 5.74) is 2.76. The van der Waals surface area contributed by atoms with Crippen molar-refractivity contribution in [1.29, 1.82) is 0 Å². The van der Waals surface area contributed by atoms with E-state index in [-0.39, 0.29) is 0 Å². The van der Waals surface area contributed by atoms with E-state index in [1.165, 1.54) is 0 Å². The maximum atomic E-state index is 5.21. The molecule has 0 aliphatic heterocycles. The minimum absolute atomic E-state index is 0.624. The lowest BCUT2D eigenvalue weighted by atomic mass is 10.3. The van der Waals surface area contributed by atoms with E-state index < -0.39 is 0 Å². The van der Waals surface area contributed by atoms with Crippen molar-refractivity contribution in [2.75, 3.05) is 20.8 Å². The number of rotatable bonds is 5. The Morgan fingerprint density at radius 3 is 2.62 bits per heavy atom.